The van der Waals surface area contributed by atoms with Crippen LogP contribution in [0.4, 0.5) is 0 Å². The fourth-order valence-electron chi connectivity index (χ4n) is 5.24. The fourth-order valence-corrected chi connectivity index (χ4v) is 5.36. The van der Waals surface area contributed by atoms with Gasteiger partial charge in [0.2, 0.25) is 0 Å². The van der Waals surface area contributed by atoms with Crippen molar-refractivity contribution < 1.29 is 0 Å². The van der Waals surface area contributed by atoms with Gasteiger partial charge in [0.1, 0.15) is 0 Å². The summed E-state index contributed by atoms with van der Waals surface area (Å²) < 4.78 is 0. The molecule has 1 aromatic rings. The molecule has 1 aromatic carbocycles. The Labute approximate surface area is 170 Å². The van der Waals surface area contributed by atoms with Crippen molar-refractivity contribution in [2.75, 3.05) is 32.7 Å². The van der Waals surface area contributed by atoms with E-state index >= 15 is 0 Å². The zero-order valence-corrected chi connectivity index (χ0v) is 18.1. The second-order valence-electron chi connectivity index (χ2n) is 10.1. The predicted molar refractivity (Wildman–Crippen MR) is 116 cm³/mol. The zero-order valence-electron chi connectivity index (χ0n) is 17.4. The Bertz CT molecular complexity index is 686. The van der Waals surface area contributed by atoms with Gasteiger partial charge >= 0.3 is 0 Å². The number of piperazine rings is 1. The van der Waals surface area contributed by atoms with Crippen molar-refractivity contribution in [3.05, 3.63) is 40.4 Å². The average molecular weight is 387 g/mol. The molecule has 1 heterocycles. The lowest BCUT2D eigenvalue weighted by Gasteiger charge is -2.47. The Balaban J connectivity index is 1.51. The molecule has 148 valence electrons. The number of nitrogens with zero attached hydrogens (tertiary/aromatic N) is 2. The molecule has 1 spiro atoms. The first-order chi connectivity index (χ1) is 12.8. The van der Waals surface area contributed by atoms with Crippen LogP contribution in [0.3, 0.4) is 0 Å². The average Bonchev–Trinajstić information content (AvgIpc) is 2.61. The van der Waals surface area contributed by atoms with Crippen LogP contribution in [-0.4, -0.2) is 48.1 Å². The number of allylic oxidation sites excluding steroid dienone is 1. The summed E-state index contributed by atoms with van der Waals surface area (Å²) in [5.74, 6) is 0. The van der Waals surface area contributed by atoms with Crippen LogP contribution in [0.25, 0.3) is 5.57 Å². The minimum atomic E-state index is 0.293. The SMILES string of the molecule is CC(C)(C)N1CCN(CC2=C(c3ccc(Cl)cc3)CC3(CCC3)CC2)CC1. The van der Waals surface area contributed by atoms with Crippen molar-refractivity contribution in [2.24, 2.45) is 5.41 Å². The molecule has 4 rings (SSSR count). The van der Waals surface area contributed by atoms with Crippen molar-refractivity contribution >= 4 is 17.2 Å². The Morgan fingerprint density at radius 3 is 2.19 bits per heavy atom. The number of hydrogen-bond donors (Lipinski definition) is 0. The molecule has 0 atom stereocenters. The normalized spacial score (nSPS) is 24.3. The van der Waals surface area contributed by atoms with Crippen molar-refractivity contribution in [1.82, 2.24) is 9.80 Å². The van der Waals surface area contributed by atoms with Gasteiger partial charge < -0.3 is 0 Å². The lowest BCUT2D eigenvalue weighted by molar-refractivity contribution is 0.0645. The van der Waals surface area contributed by atoms with E-state index in [1.165, 1.54) is 70.3 Å². The van der Waals surface area contributed by atoms with Crippen LogP contribution in [0.15, 0.2) is 29.8 Å². The van der Waals surface area contributed by atoms with Crippen molar-refractivity contribution in [3.8, 4) is 0 Å². The van der Waals surface area contributed by atoms with Gasteiger partial charge in [0.15, 0.2) is 0 Å². The molecule has 3 aliphatic rings. The molecule has 2 aliphatic carbocycles. The van der Waals surface area contributed by atoms with Crippen molar-refractivity contribution in [3.63, 3.8) is 0 Å². The highest BCUT2D eigenvalue weighted by molar-refractivity contribution is 6.30. The summed E-state index contributed by atoms with van der Waals surface area (Å²) in [6.45, 7) is 12.9. The van der Waals surface area contributed by atoms with Crippen LogP contribution in [-0.2, 0) is 0 Å². The Hall–Kier alpha value is -0.830. The second-order valence-corrected chi connectivity index (χ2v) is 10.5. The molecule has 0 aromatic heterocycles. The molecular weight excluding hydrogens is 352 g/mol. The van der Waals surface area contributed by atoms with E-state index in [1.54, 1.807) is 11.1 Å². The number of rotatable bonds is 3. The summed E-state index contributed by atoms with van der Waals surface area (Å²) >= 11 is 6.16. The van der Waals surface area contributed by atoms with E-state index in [0.717, 1.165) is 11.6 Å². The summed E-state index contributed by atoms with van der Waals surface area (Å²) in [6, 6.07) is 8.61. The van der Waals surface area contributed by atoms with Crippen LogP contribution >= 0.6 is 11.6 Å². The second kappa shape index (κ2) is 7.54. The minimum Gasteiger partial charge on any atom is -0.297 e. The highest BCUT2D eigenvalue weighted by Crippen LogP contribution is 2.55. The lowest BCUT2D eigenvalue weighted by Crippen LogP contribution is -2.53. The molecule has 2 nitrogen and oxygen atoms in total. The van der Waals surface area contributed by atoms with E-state index < -0.39 is 0 Å². The first-order valence-electron chi connectivity index (χ1n) is 10.8. The summed E-state index contributed by atoms with van der Waals surface area (Å²) in [4.78, 5) is 5.31. The third-order valence-corrected chi connectivity index (χ3v) is 7.53. The third-order valence-electron chi connectivity index (χ3n) is 7.28. The van der Waals surface area contributed by atoms with E-state index in [2.05, 4.69) is 54.8 Å². The first kappa shape index (κ1) is 19.5. The maximum absolute atomic E-state index is 6.16. The molecule has 2 fully saturated rings. The lowest BCUT2D eigenvalue weighted by atomic mass is 9.59. The molecular formula is C24H35ClN2. The van der Waals surface area contributed by atoms with Crippen LogP contribution in [0, 0.1) is 5.41 Å². The van der Waals surface area contributed by atoms with Crippen LogP contribution < -0.4 is 0 Å². The van der Waals surface area contributed by atoms with E-state index in [0.29, 0.717) is 11.0 Å². The van der Waals surface area contributed by atoms with Gasteiger partial charge in [-0.25, -0.2) is 0 Å². The molecule has 0 unspecified atom stereocenters. The quantitative estimate of drug-likeness (QED) is 0.641. The molecule has 0 bridgehead atoms. The third kappa shape index (κ3) is 4.28. The van der Waals surface area contributed by atoms with E-state index in [9.17, 15) is 0 Å². The summed E-state index contributed by atoms with van der Waals surface area (Å²) in [6.07, 6.45) is 8.27. The highest BCUT2D eigenvalue weighted by Gasteiger charge is 2.40. The predicted octanol–water partition coefficient (Wildman–Crippen LogP) is 5.86. The Morgan fingerprint density at radius 1 is 0.963 bits per heavy atom. The molecule has 0 amide bonds. The van der Waals surface area contributed by atoms with Crippen molar-refractivity contribution in [1.29, 1.82) is 0 Å². The van der Waals surface area contributed by atoms with Crippen LogP contribution in [0.2, 0.25) is 5.02 Å². The molecule has 1 saturated carbocycles. The molecule has 0 N–H and O–H groups in total. The van der Waals surface area contributed by atoms with Gasteiger partial charge in [-0.3, -0.25) is 9.80 Å². The summed E-state index contributed by atoms with van der Waals surface area (Å²) in [5, 5.41) is 0.841. The molecule has 27 heavy (non-hydrogen) atoms. The Morgan fingerprint density at radius 2 is 1.63 bits per heavy atom. The molecule has 1 saturated heterocycles. The minimum absolute atomic E-state index is 0.293. The fraction of sp³-hybridized carbons (Fsp3) is 0.667. The standard InChI is InChI=1S/C24H35ClN2/c1-23(2,3)27-15-13-26(14-16-27)18-20-9-12-24(10-4-11-24)17-22(20)19-5-7-21(25)8-6-19/h5-8H,4,9-18H2,1-3H3. The number of halogens is 1. The number of hydrogen-bond acceptors (Lipinski definition) is 2. The van der Waals surface area contributed by atoms with E-state index in [-0.39, 0.29) is 0 Å². The van der Waals surface area contributed by atoms with Gasteiger partial charge in [-0.15, -0.1) is 0 Å². The molecule has 1 aliphatic heterocycles. The highest BCUT2D eigenvalue weighted by atomic mass is 35.5. The Kier molecular flexibility index (Phi) is 5.44. The van der Waals surface area contributed by atoms with E-state index in [4.69, 9.17) is 11.6 Å². The molecule has 3 heteroatoms. The molecule has 0 radical (unpaired) electrons. The monoisotopic (exact) mass is 386 g/mol. The maximum Gasteiger partial charge on any atom is 0.0406 e. The van der Waals surface area contributed by atoms with Gasteiger partial charge in [-0.05, 0) is 81.6 Å². The topological polar surface area (TPSA) is 6.48 Å². The van der Waals surface area contributed by atoms with Gasteiger partial charge in [0.05, 0.1) is 0 Å². The van der Waals surface area contributed by atoms with Gasteiger partial charge in [0, 0.05) is 43.3 Å². The largest absolute Gasteiger partial charge is 0.297 e. The summed E-state index contributed by atoms with van der Waals surface area (Å²) in [7, 11) is 0. The van der Waals surface area contributed by atoms with E-state index in [1.807, 2.05) is 0 Å². The van der Waals surface area contributed by atoms with Crippen molar-refractivity contribution in [2.45, 2.75) is 64.8 Å². The summed E-state index contributed by atoms with van der Waals surface area (Å²) in [5.41, 5.74) is 5.65. The maximum atomic E-state index is 6.16. The van der Waals surface area contributed by atoms with Gasteiger partial charge in [0.25, 0.3) is 0 Å². The number of benzene rings is 1. The van der Waals surface area contributed by atoms with Gasteiger partial charge in [-0.1, -0.05) is 35.7 Å². The van der Waals surface area contributed by atoms with Crippen LogP contribution in [0.1, 0.15) is 64.9 Å². The van der Waals surface area contributed by atoms with Crippen LogP contribution in [0.5, 0.6) is 0 Å². The zero-order chi connectivity index (χ0) is 19.1. The van der Waals surface area contributed by atoms with Gasteiger partial charge in [-0.2, -0.15) is 0 Å². The first-order valence-corrected chi connectivity index (χ1v) is 11.2. The smallest absolute Gasteiger partial charge is 0.0406 e.